The molecular formula is C57H39N3O2. The number of amidine groups is 1. The Labute approximate surface area is 356 Å². The minimum atomic E-state index is -0.0681. The molecule has 294 valence electrons. The summed E-state index contributed by atoms with van der Waals surface area (Å²) in [4.78, 5) is 11.4. The van der Waals surface area contributed by atoms with Gasteiger partial charge in [-0.2, -0.15) is 0 Å². The lowest BCUT2D eigenvalue weighted by atomic mass is 9.88. The van der Waals surface area contributed by atoms with Crippen molar-refractivity contribution < 1.29 is 8.83 Å². The van der Waals surface area contributed by atoms with E-state index in [2.05, 4.69) is 175 Å². The molecule has 62 heavy (non-hydrogen) atoms. The fourth-order valence-corrected chi connectivity index (χ4v) is 10.1. The third-order valence-corrected chi connectivity index (χ3v) is 13.2. The van der Waals surface area contributed by atoms with Crippen LogP contribution in [-0.2, 0) is 0 Å². The lowest BCUT2D eigenvalue weighted by molar-refractivity contribution is 0.446. The molecule has 9 aromatic carbocycles. The summed E-state index contributed by atoms with van der Waals surface area (Å²) in [5.74, 6) is 0.957. The second-order valence-corrected chi connectivity index (χ2v) is 16.9. The van der Waals surface area contributed by atoms with E-state index in [4.69, 9.17) is 18.8 Å². The van der Waals surface area contributed by atoms with Crippen molar-refractivity contribution in [2.75, 3.05) is 0 Å². The Morgan fingerprint density at radius 3 is 2.02 bits per heavy atom. The van der Waals surface area contributed by atoms with Gasteiger partial charge in [-0.05, 0) is 106 Å². The van der Waals surface area contributed by atoms with E-state index in [1.54, 1.807) is 0 Å². The summed E-state index contributed by atoms with van der Waals surface area (Å²) < 4.78 is 15.9. The van der Waals surface area contributed by atoms with Gasteiger partial charge in [-0.1, -0.05) is 134 Å². The molecule has 0 N–H and O–H groups in total. The summed E-state index contributed by atoms with van der Waals surface area (Å²) in [5, 5.41) is 11.4. The van der Waals surface area contributed by atoms with E-state index in [1.165, 1.54) is 32.5 Å². The molecule has 5 nitrogen and oxygen atoms in total. The fraction of sp³-hybridized carbons (Fsp3) is 0.0877. The predicted octanol–water partition coefficient (Wildman–Crippen LogP) is 15.3. The van der Waals surface area contributed by atoms with Gasteiger partial charge in [0.05, 0.1) is 28.5 Å². The van der Waals surface area contributed by atoms with Crippen LogP contribution in [0.2, 0.25) is 0 Å². The first-order valence-electron chi connectivity index (χ1n) is 21.6. The van der Waals surface area contributed by atoms with Crippen LogP contribution in [0.15, 0.2) is 201 Å². The van der Waals surface area contributed by atoms with Gasteiger partial charge in [-0.3, -0.25) is 4.99 Å². The van der Waals surface area contributed by atoms with E-state index in [0.29, 0.717) is 5.84 Å². The zero-order valence-corrected chi connectivity index (χ0v) is 34.0. The van der Waals surface area contributed by atoms with Gasteiger partial charge in [0.25, 0.3) is 0 Å². The number of furan rings is 2. The van der Waals surface area contributed by atoms with E-state index in [0.717, 1.165) is 95.7 Å². The number of fused-ring (bicyclic) bond motifs is 11. The van der Waals surface area contributed by atoms with Crippen LogP contribution in [-0.4, -0.2) is 16.1 Å². The summed E-state index contributed by atoms with van der Waals surface area (Å²) >= 11 is 0. The minimum Gasteiger partial charge on any atom is -0.456 e. The Morgan fingerprint density at radius 1 is 0.516 bits per heavy atom. The van der Waals surface area contributed by atoms with Crippen molar-refractivity contribution in [3.63, 3.8) is 0 Å². The number of rotatable bonds is 4. The highest BCUT2D eigenvalue weighted by molar-refractivity contribution is 6.23. The Hall–Kier alpha value is -7.76. The molecule has 0 amide bonds. The summed E-state index contributed by atoms with van der Waals surface area (Å²) in [5.41, 5.74) is 10.9. The van der Waals surface area contributed by atoms with E-state index in [1.807, 2.05) is 18.2 Å². The van der Waals surface area contributed by atoms with E-state index in [9.17, 15) is 0 Å². The Balaban J connectivity index is 1.12. The van der Waals surface area contributed by atoms with Gasteiger partial charge in [-0.15, -0.1) is 0 Å². The molecule has 1 aliphatic heterocycles. The van der Waals surface area contributed by atoms with Crippen molar-refractivity contribution in [1.29, 1.82) is 0 Å². The molecule has 0 aliphatic carbocycles. The van der Waals surface area contributed by atoms with Crippen molar-refractivity contribution in [3.05, 3.63) is 199 Å². The minimum absolute atomic E-state index is 0.0681. The van der Waals surface area contributed by atoms with Crippen LogP contribution in [0.1, 0.15) is 42.5 Å². The van der Waals surface area contributed by atoms with Gasteiger partial charge in [-0.25, -0.2) is 4.99 Å². The smallest absolute Gasteiger partial charge is 0.159 e. The maximum Gasteiger partial charge on any atom is 0.159 e. The summed E-state index contributed by atoms with van der Waals surface area (Å²) in [7, 11) is 0. The van der Waals surface area contributed by atoms with Crippen molar-refractivity contribution in [1.82, 2.24) is 4.57 Å². The van der Waals surface area contributed by atoms with Crippen molar-refractivity contribution >= 4 is 98.8 Å². The number of aliphatic imine (C=N–C) groups is 2. The van der Waals surface area contributed by atoms with Crippen LogP contribution in [0.5, 0.6) is 0 Å². The lowest BCUT2D eigenvalue weighted by Crippen LogP contribution is -2.18. The average molecular weight is 798 g/mol. The Kier molecular flexibility index (Phi) is 7.70. The molecule has 0 radical (unpaired) electrons. The third-order valence-electron chi connectivity index (χ3n) is 13.2. The van der Waals surface area contributed by atoms with E-state index in [-0.39, 0.29) is 12.0 Å². The normalized spacial score (nSPS) is 17.9. The quantitative estimate of drug-likeness (QED) is 0.178. The predicted molar refractivity (Wildman–Crippen MR) is 257 cm³/mol. The first-order valence-corrected chi connectivity index (χ1v) is 21.6. The maximum absolute atomic E-state index is 7.04. The van der Waals surface area contributed by atoms with E-state index >= 15 is 0 Å². The first-order chi connectivity index (χ1) is 30.6. The molecule has 13 rings (SSSR count). The molecule has 2 unspecified atom stereocenters. The highest BCUT2D eigenvalue weighted by Gasteiger charge is 2.27. The zero-order valence-electron chi connectivity index (χ0n) is 34.0. The third kappa shape index (κ3) is 5.41. The SMILES string of the molecule is CC1CC/C(c2cc(-n3c4ccccc4c4cc5ccccc5cc43)c3oc4cc5ccccc5cc4c3c2)=N\C(c2cccc3oc4ccccc4c23)=N/C1c1ccccc1. The fourth-order valence-electron chi connectivity index (χ4n) is 10.1. The molecular weight excluding hydrogens is 759 g/mol. The number of benzene rings is 9. The lowest BCUT2D eigenvalue weighted by Gasteiger charge is -2.25. The van der Waals surface area contributed by atoms with Gasteiger partial charge < -0.3 is 13.4 Å². The number of nitrogens with zero attached hydrogens (tertiary/aromatic N) is 3. The molecule has 5 heteroatoms. The Morgan fingerprint density at radius 2 is 1.19 bits per heavy atom. The summed E-state index contributed by atoms with van der Waals surface area (Å²) in [6, 6.07) is 64.9. The number of hydrogen-bond acceptors (Lipinski definition) is 4. The molecule has 0 saturated heterocycles. The molecule has 0 bridgehead atoms. The molecule has 1 aliphatic rings. The topological polar surface area (TPSA) is 55.9 Å². The molecule has 12 aromatic rings. The van der Waals surface area contributed by atoms with Crippen molar-refractivity contribution in [2.45, 2.75) is 25.8 Å². The molecule has 2 atom stereocenters. The number of aromatic nitrogens is 1. The van der Waals surface area contributed by atoms with Crippen molar-refractivity contribution in [3.8, 4) is 5.69 Å². The second kappa shape index (κ2) is 13.6. The second-order valence-electron chi connectivity index (χ2n) is 16.9. The molecule has 0 fully saturated rings. The number of para-hydroxylation sites is 2. The summed E-state index contributed by atoms with van der Waals surface area (Å²) in [6.45, 7) is 2.33. The highest BCUT2D eigenvalue weighted by atomic mass is 16.3. The highest BCUT2D eigenvalue weighted by Crippen LogP contribution is 2.42. The van der Waals surface area contributed by atoms with Crippen LogP contribution < -0.4 is 0 Å². The average Bonchev–Trinajstić information content (AvgIpc) is 3.98. The molecule has 0 saturated carbocycles. The van der Waals surface area contributed by atoms with Gasteiger partial charge in [0.15, 0.2) is 11.4 Å². The number of hydrogen-bond donors (Lipinski definition) is 0. The zero-order chi connectivity index (χ0) is 40.9. The Bertz CT molecular complexity index is 3850. The van der Waals surface area contributed by atoms with Gasteiger partial charge in [0.1, 0.15) is 16.7 Å². The van der Waals surface area contributed by atoms with Gasteiger partial charge >= 0.3 is 0 Å². The first kappa shape index (κ1) is 35.0. The molecule has 3 aromatic heterocycles. The summed E-state index contributed by atoms with van der Waals surface area (Å²) in [6.07, 6.45) is 1.69. The van der Waals surface area contributed by atoms with Crippen molar-refractivity contribution in [2.24, 2.45) is 15.9 Å². The van der Waals surface area contributed by atoms with Crippen LogP contribution in [0.3, 0.4) is 0 Å². The standard InChI is InChI=1S/C57H39N3O2/c1-34-26-27-47(58-57(59-55(34)35-14-3-2-4-15-35)43-22-13-25-52-54(43)42-21-10-12-24-51(42)61-52)40-30-46-45-29-37-17-6-8-19-39(37)33-53(45)62-56(46)50(32-40)60-48-23-11-9-20-41(48)44-28-36-16-5-7-18-38(36)31-49(44)60/h2-25,28-34,55H,26-27H2,1H3/b58-47+,59-57-. The largest absolute Gasteiger partial charge is 0.456 e. The molecule has 0 spiro atoms. The molecule has 4 heterocycles. The van der Waals surface area contributed by atoms with Crippen LogP contribution in [0, 0.1) is 5.92 Å². The van der Waals surface area contributed by atoms with E-state index < -0.39 is 0 Å². The monoisotopic (exact) mass is 797 g/mol. The van der Waals surface area contributed by atoms with Gasteiger partial charge in [0, 0.05) is 37.9 Å². The van der Waals surface area contributed by atoms with Crippen LogP contribution in [0.25, 0.3) is 92.9 Å². The van der Waals surface area contributed by atoms with Crippen LogP contribution >= 0.6 is 0 Å². The van der Waals surface area contributed by atoms with Crippen LogP contribution in [0.4, 0.5) is 0 Å². The maximum atomic E-state index is 7.04. The van der Waals surface area contributed by atoms with Gasteiger partial charge in [0.2, 0.25) is 0 Å².